The molecule has 174 valence electrons. The first-order valence-corrected chi connectivity index (χ1v) is 15.4. The van der Waals surface area contributed by atoms with Crippen LogP contribution in [0.3, 0.4) is 0 Å². The number of fused-ring (bicyclic) bond motifs is 2. The lowest BCUT2D eigenvalue weighted by molar-refractivity contribution is -0.00471. The van der Waals surface area contributed by atoms with Crippen LogP contribution in [0.25, 0.3) is 6.08 Å². The van der Waals surface area contributed by atoms with Gasteiger partial charge in [0, 0.05) is 17.7 Å². The van der Waals surface area contributed by atoms with Crippen LogP contribution >= 0.6 is 0 Å². The SMILES string of the molecule is CC1=Cc2cc3c(cc2C1[Si](C)(CCCCCCOC(C)(C)C)NC(C)(C)C)CCC3. The number of ether oxygens (including phenoxy) is 1. The van der Waals surface area contributed by atoms with Crippen LogP contribution in [0.2, 0.25) is 12.6 Å². The molecule has 2 nitrogen and oxygen atoms in total. The Labute approximate surface area is 193 Å². The van der Waals surface area contributed by atoms with Gasteiger partial charge in [0.2, 0.25) is 0 Å². The van der Waals surface area contributed by atoms with E-state index in [9.17, 15) is 0 Å². The predicted molar refractivity (Wildman–Crippen MR) is 138 cm³/mol. The minimum atomic E-state index is -1.75. The summed E-state index contributed by atoms with van der Waals surface area (Å²) in [5, 5.41) is 0. The topological polar surface area (TPSA) is 21.3 Å². The molecule has 1 N–H and O–H groups in total. The normalized spacial score (nSPS) is 20.4. The molecule has 2 atom stereocenters. The third-order valence-electron chi connectivity index (χ3n) is 6.87. The molecular formula is C28H47NOSi. The molecule has 0 aromatic heterocycles. The van der Waals surface area contributed by atoms with Crippen LogP contribution in [0.5, 0.6) is 0 Å². The number of aryl methyl sites for hydroxylation is 2. The van der Waals surface area contributed by atoms with Crippen LogP contribution in [0, 0.1) is 0 Å². The largest absolute Gasteiger partial charge is 0.376 e. The van der Waals surface area contributed by atoms with E-state index in [-0.39, 0.29) is 11.1 Å². The van der Waals surface area contributed by atoms with E-state index in [1.54, 1.807) is 22.3 Å². The first kappa shape index (κ1) is 24.7. The van der Waals surface area contributed by atoms with Crippen molar-refractivity contribution in [3.05, 3.63) is 40.0 Å². The van der Waals surface area contributed by atoms with Crippen molar-refractivity contribution in [1.82, 2.24) is 4.98 Å². The molecule has 31 heavy (non-hydrogen) atoms. The van der Waals surface area contributed by atoms with Crippen molar-refractivity contribution in [3.63, 3.8) is 0 Å². The van der Waals surface area contributed by atoms with E-state index < -0.39 is 8.24 Å². The molecule has 0 aliphatic heterocycles. The Hall–Kier alpha value is -0.903. The van der Waals surface area contributed by atoms with Gasteiger partial charge in [0.1, 0.15) is 8.24 Å². The average molecular weight is 442 g/mol. The second-order valence-corrected chi connectivity index (χ2v) is 16.5. The summed E-state index contributed by atoms with van der Waals surface area (Å²) in [4.78, 5) is 4.21. The van der Waals surface area contributed by atoms with Gasteiger partial charge < -0.3 is 9.72 Å². The Kier molecular flexibility index (Phi) is 7.60. The second-order valence-electron chi connectivity index (χ2n) is 12.3. The number of rotatable bonds is 9. The van der Waals surface area contributed by atoms with Gasteiger partial charge in [-0.15, -0.1) is 0 Å². The Morgan fingerprint density at radius 3 is 2.26 bits per heavy atom. The Balaban J connectivity index is 1.69. The summed E-state index contributed by atoms with van der Waals surface area (Å²) in [5.41, 5.74) is 8.70. The lowest BCUT2D eigenvalue weighted by atomic mass is 10.0. The maximum Gasteiger partial charge on any atom is 0.134 e. The van der Waals surface area contributed by atoms with E-state index >= 15 is 0 Å². The lowest BCUT2D eigenvalue weighted by Crippen LogP contribution is -2.60. The quantitative estimate of drug-likeness (QED) is 0.315. The smallest absolute Gasteiger partial charge is 0.134 e. The van der Waals surface area contributed by atoms with Gasteiger partial charge in [-0.05, 0) is 102 Å². The van der Waals surface area contributed by atoms with Crippen molar-refractivity contribution in [2.24, 2.45) is 0 Å². The zero-order valence-electron chi connectivity index (χ0n) is 21.6. The first-order valence-electron chi connectivity index (χ1n) is 12.7. The Morgan fingerprint density at radius 2 is 1.61 bits per heavy atom. The van der Waals surface area contributed by atoms with E-state index in [0.29, 0.717) is 5.54 Å². The molecule has 2 aliphatic carbocycles. The number of allylic oxidation sites excluding steroid dienone is 1. The fraction of sp³-hybridized carbons (Fsp3) is 0.714. The third-order valence-corrected chi connectivity index (χ3v) is 11.6. The van der Waals surface area contributed by atoms with Crippen LogP contribution in [0.15, 0.2) is 17.7 Å². The summed E-state index contributed by atoms with van der Waals surface area (Å²) in [6.45, 7) is 19.4. The molecule has 2 unspecified atom stereocenters. The third kappa shape index (κ3) is 6.55. The van der Waals surface area contributed by atoms with Crippen LogP contribution in [0.4, 0.5) is 0 Å². The van der Waals surface area contributed by atoms with Gasteiger partial charge in [0.05, 0.1) is 5.60 Å². The van der Waals surface area contributed by atoms with E-state index in [0.717, 1.165) is 6.61 Å². The minimum absolute atomic E-state index is 0.0119. The average Bonchev–Trinajstić information content (AvgIpc) is 3.18. The Morgan fingerprint density at radius 1 is 0.968 bits per heavy atom. The van der Waals surface area contributed by atoms with Gasteiger partial charge in [-0.2, -0.15) is 0 Å². The molecule has 1 aromatic carbocycles. The predicted octanol–water partition coefficient (Wildman–Crippen LogP) is 7.55. The molecule has 0 bridgehead atoms. The fourth-order valence-corrected chi connectivity index (χ4v) is 11.2. The summed E-state index contributed by atoms with van der Waals surface area (Å²) in [6, 6.07) is 6.45. The fourth-order valence-electron chi connectivity index (χ4n) is 5.92. The van der Waals surface area contributed by atoms with Gasteiger partial charge in [-0.1, -0.05) is 49.6 Å². The highest BCUT2D eigenvalue weighted by Gasteiger charge is 2.43. The molecule has 0 spiro atoms. The zero-order chi connectivity index (χ0) is 22.9. The van der Waals surface area contributed by atoms with Crippen molar-refractivity contribution in [2.75, 3.05) is 6.61 Å². The van der Waals surface area contributed by atoms with Gasteiger partial charge in [0.15, 0.2) is 0 Å². The number of nitrogens with one attached hydrogen (secondary N) is 1. The van der Waals surface area contributed by atoms with Crippen molar-refractivity contribution in [1.29, 1.82) is 0 Å². The van der Waals surface area contributed by atoms with E-state index in [1.807, 2.05) is 0 Å². The number of benzene rings is 1. The molecular weight excluding hydrogens is 394 g/mol. The molecule has 0 fully saturated rings. The molecule has 1 aromatic rings. The van der Waals surface area contributed by atoms with Gasteiger partial charge in [-0.25, -0.2) is 0 Å². The van der Waals surface area contributed by atoms with Crippen LogP contribution in [-0.4, -0.2) is 26.0 Å². The maximum atomic E-state index is 5.90. The lowest BCUT2D eigenvalue weighted by Gasteiger charge is -2.42. The van der Waals surface area contributed by atoms with E-state index in [4.69, 9.17) is 4.74 Å². The zero-order valence-corrected chi connectivity index (χ0v) is 22.6. The minimum Gasteiger partial charge on any atom is -0.376 e. The molecule has 0 radical (unpaired) electrons. The number of hydrogen-bond donors (Lipinski definition) is 1. The Bertz CT molecular complexity index is 798. The summed E-state index contributed by atoms with van der Waals surface area (Å²) in [6.07, 6.45) is 11.5. The molecule has 0 amide bonds. The van der Waals surface area contributed by atoms with Gasteiger partial charge >= 0.3 is 0 Å². The summed E-state index contributed by atoms with van der Waals surface area (Å²) < 4.78 is 5.90. The first-order chi connectivity index (χ1) is 14.4. The molecule has 0 saturated heterocycles. The molecule has 0 saturated carbocycles. The summed E-state index contributed by atoms with van der Waals surface area (Å²) in [5.74, 6) is 0. The van der Waals surface area contributed by atoms with Crippen molar-refractivity contribution in [3.8, 4) is 0 Å². The number of hydrogen-bond acceptors (Lipinski definition) is 2. The van der Waals surface area contributed by atoms with Crippen LogP contribution < -0.4 is 4.98 Å². The maximum absolute atomic E-state index is 5.90. The monoisotopic (exact) mass is 441 g/mol. The van der Waals surface area contributed by atoms with Crippen LogP contribution in [0.1, 0.15) is 108 Å². The van der Waals surface area contributed by atoms with Crippen molar-refractivity contribution in [2.45, 2.75) is 123 Å². The number of unbranched alkanes of at least 4 members (excludes halogenated alkanes) is 3. The van der Waals surface area contributed by atoms with Crippen molar-refractivity contribution >= 4 is 14.3 Å². The molecule has 3 rings (SSSR count). The van der Waals surface area contributed by atoms with Crippen molar-refractivity contribution < 1.29 is 4.74 Å². The van der Waals surface area contributed by atoms with Gasteiger partial charge in [0.25, 0.3) is 0 Å². The highest BCUT2D eigenvalue weighted by Crippen LogP contribution is 2.45. The molecule has 2 aliphatic rings. The molecule has 3 heteroatoms. The van der Waals surface area contributed by atoms with E-state index in [1.165, 1.54) is 56.6 Å². The van der Waals surface area contributed by atoms with E-state index in [2.05, 4.69) is 78.2 Å². The highest BCUT2D eigenvalue weighted by molar-refractivity contribution is 6.78. The van der Waals surface area contributed by atoms with Gasteiger partial charge in [-0.3, -0.25) is 0 Å². The standard InChI is InChI=1S/C28H47NOSi/c1-21-18-24-19-22-14-13-15-23(22)20-25(24)26(21)31(8,29-27(2,3)4)17-12-10-9-11-16-30-28(5,6)7/h18-20,26,29H,9-17H2,1-8H3. The van der Waals surface area contributed by atoms with Crippen LogP contribution in [-0.2, 0) is 17.6 Å². The second kappa shape index (κ2) is 9.53. The molecule has 0 heterocycles. The highest BCUT2D eigenvalue weighted by atomic mass is 28.3. The summed E-state index contributed by atoms with van der Waals surface area (Å²) in [7, 11) is -1.75. The summed E-state index contributed by atoms with van der Waals surface area (Å²) >= 11 is 0.